The highest BCUT2D eigenvalue weighted by Crippen LogP contribution is 2.23. The molecular formula is C19H28N4. The van der Waals surface area contributed by atoms with Gasteiger partial charge in [-0.15, -0.1) is 0 Å². The minimum Gasteiger partial charge on any atom is -0.301 e. The average Bonchev–Trinajstić information content (AvgIpc) is 3.04. The first kappa shape index (κ1) is 16.2. The Morgan fingerprint density at radius 3 is 2.83 bits per heavy atom. The standard InChI is InChI=1S/C19H28N4/c1-4-23-19(9-10-21-23)18-8-7-16(13-20-18)12-17-6-5-11-22(14-17)15(2)3/h7-10,13,15,17H,4-6,11-12,14H2,1-3H3. The maximum absolute atomic E-state index is 4.67. The molecular weight excluding hydrogens is 284 g/mol. The number of pyridine rings is 1. The summed E-state index contributed by atoms with van der Waals surface area (Å²) in [6, 6.07) is 7.07. The zero-order valence-corrected chi connectivity index (χ0v) is 14.6. The Kier molecular flexibility index (Phi) is 5.11. The van der Waals surface area contributed by atoms with Crippen molar-refractivity contribution in [1.82, 2.24) is 19.7 Å². The van der Waals surface area contributed by atoms with Crippen LogP contribution in [0.25, 0.3) is 11.4 Å². The summed E-state index contributed by atoms with van der Waals surface area (Å²) in [6.45, 7) is 10.1. The third-order valence-corrected chi connectivity index (χ3v) is 4.91. The molecule has 4 heteroatoms. The van der Waals surface area contributed by atoms with Crippen molar-refractivity contribution in [3.8, 4) is 11.4 Å². The van der Waals surface area contributed by atoms with Gasteiger partial charge < -0.3 is 4.90 Å². The average molecular weight is 312 g/mol. The van der Waals surface area contributed by atoms with Crippen molar-refractivity contribution in [1.29, 1.82) is 0 Å². The van der Waals surface area contributed by atoms with Crippen LogP contribution in [0.5, 0.6) is 0 Å². The van der Waals surface area contributed by atoms with Gasteiger partial charge in [-0.3, -0.25) is 9.67 Å². The lowest BCUT2D eigenvalue weighted by Crippen LogP contribution is -2.40. The smallest absolute Gasteiger partial charge is 0.0883 e. The van der Waals surface area contributed by atoms with Gasteiger partial charge in [-0.05, 0) is 70.2 Å². The largest absolute Gasteiger partial charge is 0.301 e. The van der Waals surface area contributed by atoms with Gasteiger partial charge in [0.1, 0.15) is 0 Å². The van der Waals surface area contributed by atoms with Crippen LogP contribution < -0.4 is 0 Å². The molecule has 3 rings (SSSR count). The summed E-state index contributed by atoms with van der Waals surface area (Å²) < 4.78 is 1.99. The Bertz CT molecular complexity index is 615. The highest BCUT2D eigenvalue weighted by atomic mass is 15.3. The van der Waals surface area contributed by atoms with Crippen LogP contribution in [-0.2, 0) is 13.0 Å². The first-order chi connectivity index (χ1) is 11.2. The number of likely N-dealkylation sites (tertiary alicyclic amines) is 1. The SMILES string of the molecule is CCn1nccc1-c1ccc(CC2CCCN(C(C)C)C2)cn1. The first-order valence-electron chi connectivity index (χ1n) is 8.88. The molecule has 0 radical (unpaired) electrons. The van der Waals surface area contributed by atoms with Crippen LogP contribution in [0.3, 0.4) is 0 Å². The van der Waals surface area contributed by atoms with E-state index in [4.69, 9.17) is 0 Å². The lowest BCUT2D eigenvalue weighted by molar-refractivity contribution is 0.139. The zero-order chi connectivity index (χ0) is 16.2. The van der Waals surface area contributed by atoms with E-state index < -0.39 is 0 Å². The molecule has 0 amide bonds. The predicted octanol–water partition coefficient (Wildman–Crippen LogP) is 3.63. The van der Waals surface area contributed by atoms with Gasteiger partial charge in [0.2, 0.25) is 0 Å². The summed E-state index contributed by atoms with van der Waals surface area (Å²) in [7, 11) is 0. The van der Waals surface area contributed by atoms with Crippen molar-refractivity contribution in [2.45, 2.75) is 52.6 Å². The Morgan fingerprint density at radius 2 is 2.13 bits per heavy atom. The van der Waals surface area contributed by atoms with Crippen LogP contribution in [0.1, 0.15) is 39.2 Å². The first-order valence-corrected chi connectivity index (χ1v) is 8.88. The van der Waals surface area contributed by atoms with E-state index in [2.05, 4.69) is 54.1 Å². The molecule has 3 heterocycles. The minimum absolute atomic E-state index is 0.660. The molecule has 1 aliphatic rings. The number of piperidine rings is 1. The summed E-state index contributed by atoms with van der Waals surface area (Å²) >= 11 is 0. The summed E-state index contributed by atoms with van der Waals surface area (Å²) in [4.78, 5) is 7.28. The van der Waals surface area contributed by atoms with Crippen molar-refractivity contribution in [3.63, 3.8) is 0 Å². The van der Waals surface area contributed by atoms with Crippen molar-refractivity contribution >= 4 is 0 Å². The van der Waals surface area contributed by atoms with E-state index in [0.717, 1.165) is 30.3 Å². The lowest BCUT2D eigenvalue weighted by atomic mass is 9.91. The van der Waals surface area contributed by atoms with Crippen LogP contribution in [0.15, 0.2) is 30.6 Å². The Morgan fingerprint density at radius 1 is 1.26 bits per heavy atom. The lowest BCUT2D eigenvalue weighted by Gasteiger charge is -2.35. The van der Waals surface area contributed by atoms with E-state index in [1.165, 1.54) is 31.5 Å². The topological polar surface area (TPSA) is 34.0 Å². The number of rotatable bonds is 5. The van der Waals surface area contributed by atoms with Crippen LogP contribution in [-0.4, -0.2) is 38.8 Å². The summed E-state index contributed by atoms with van der Waals surface area (Å²) in [5.41, 5.74) is 3.47. The van der Waals surface area contributed by atoms with Gasteiger partial charge in [-0.2, -0.15) is 5.10 Å². The number of aromatic nitrogens is 3. The summed E-state index contributed by atoms with van der Waals surface area (Å²) in [5.74, 6) is 0.764. The Hall–Kier alpha value is -1.68. The van der Waals surface area contributed by atoms with Crippen molar-refractivity contribution in [2.75, 3.05) is 13.1 Å². The van der Waals surface area contributed by atoms with Crippen LogP contribution in [0.2, 0.25) is 0 Å². The Labute approximate surface area is 139 Å². The molecule has 4 nitrogen and oxygen atoms in total. The fourth-order valence-electron chi connectivity index (χ4n) is 3.57. The fourth-order valence-corrected chi connectivity index (χ4v) is 3.57. The monoisotopic (exact) mass is 312 g/mol. The van der Waals surface area contributed by atoms with Gasteiger partial charge >= 0.3 is 0 Å². The van der Waals surface area contributed by atoms with Crippen molar-refractivity contribution in [3.05, 3.63) is 36.2 Å². The maximum Gasteiger partial charge on any atom is 0.0883 e. The third-order valence-electron chi connectivity index (χ3n) is 4.91. The van der Waals surface area contributed by atoms with Crippen LogP contribution >= 0.6 is 0 Å². The molecule has 124 valence electrons. The minimum atomic E-state index is 0.660. The molecule has 1 saturated heterocycles. The molecule has 0 spiro atoms. The molecule has 1 aliphatic heterocycles. The van der Waals surface area contributed by atoms with Gasteiger partial charge in [0, 0.05) is 31.5 Å². The molecule has 1 fully saturated rings. The second-order valence-electron chi connectivity index (χ2n) is 6.88. The van der Waals surface area contributed by atoms with Crippen LogP contribution in [0.4, 0.5) is 0 Å². The van der Waals surface area contributed by atoms with E-state index in [9.17, 15) is 0 Å². The molecule has 2 aromatic rings. The quantitative estimate of drug-likeness (QED) is 0.845. The second-order valence-corrected chi connectivity index (χ2v) is 6.88. The maximum atomic E-state index is 4.67. The van der Waals surface area contributed by atoms with Gasteiger partial charge in [-0.1, -0.05) is 6.07 Å². The molecule has 1 unspecified atom stereocenters. The highest BCUT2D eigenvalue weighted by Gasteiger charge is 2.21. The number of nitrogens with zero attached hydrogens (tertiary/aromatic N) is 4. The zero-order valence-electron chi connectivity index (χ0n) is 14.6. The van der Waals surface area contributed by atoms with Crippen LogP contribution in [0, 0.1) is 5.92 Å². The number of aryl methyl sites for hydroxylation is 1. The molecule has 0 saturated carbocycles. The van der Waals surface area contributed by atoms with E-state index in [-0.39, 0.29) is 0 Å². The van der Waals surface area contributed by atoms with Gasteiger partial charge in [0.05, 0.1) is 11.4 Å². The highest BCUT2D eigenvalue weighted by molar-refractivity contribution is 5.54. The second kappa shape index (κ2) is 7.26. The Balaban J connectivity index is 1.66. The van der Waals surface area contributed by atoms with E-state index in [1.54, 1.807) is 0 Å². The predicted molar refractivity (Wildman–Crippen MR) is 94.3 cm³/mol. The molecule has 0 bridgehead atoms. The van der Waals surface area contributed by atoms with E-state index in [0.29, 0.717) is 6.04 Å². The fraction of sp³-hybridized carbons (Fsp3) is 0.579. The molecule has 0 aliphatic carbocycles. The van der Waals surface area contributed by atoms with Gasteiger partial charge in [0.15, 0.2) is 0 Å². The van der Waals surface area contributed by atoms with Gasteiger partial charge in [0.25, 0.3) is 0 Å². The van der Waals surface area contributed by atoms with Crippen molar-refractivity contribution < 1.29 is 0 Å². The molecule has 2 aromatic heterocycles. The van der Waals surface area contributed by atoms with E-state index in [1.807, 2.05) is 16.9 Å². The van der Waals surface area contributed by atoms with E-state index >= 15 is 0 Å². The molecule has 0 N–H and O–H groups in total. The molecule has 0 aromatic carbocycles. The summed E-state index contributed by atoms with van der Waals surface area (Å²) in [6.07, 6.45) is 7.70. The number of hydrogen-bond acceptors (Lipinski definition) is 3. The van der Waals surface area contributed by atoms with Crippen molar-refractivity contribution in [2.24, 2.45) is 5.92 Å². The number of hydrogen-bond donors (Lipinski definition) is 0. The van der Waals surface area contributed by atoms with Gasteiger partial charge in [-0.25, -0.2) is 0 Å². The normalized spacial score (nSPS) is 19.4. The molecule has 23 heavy (non-hydrogen) atoms. The third kappa shape index (κ3) is 3.81. The molecule has 1 atom stereocenters. The summed E-state index contributed by atoms with van der Waals surface area (Å²) in [5, 5.41) is 4.32.